The van der Waals surface area contributed by atoms with E-state index in [0.29, 0.717) is 70.2 Å². The van der Waals surface area contributed by atoms with E-state index in [1.165, 1.54) is 6.07 Å². The van der Waals surface area contributed by atoms with E-state index in [2.05, 4.69) is 20.3 Å². The summed E-state index contributed by atoms with van der Waals surface area (Å²) in [5, 5.41) is 14.3. The van der Waals surface area contributed by atoms with Gasteiger partial charge in [-0.05, 0) is 6.07 Å². The molecule has 11 heteroatoms. The molecule has 0 radical (unpaired) electrons. The van der Waals surface area contributed by atoms with Gasteiger partial charge in [-0.2, -0.15) is 15.0 Å². The highest BCUT2D eigenvalue weighted by Gasteiger charge is 2.22. The number of aromatic nitrogens is 3. The van der Waals surface area contributed by atoms with E-state index in [1.54, 1.807) is 18.2 Å². The number of nitrogens with zero attached hydrogens (tertiary/aromatic N) is 6. The van der Waals surface area contributed by atoms with Crippen molar-refractivity contribution in [2.75, 3.05) is 67.7 Å². The lowest BCUT2D eigenvalue weighted by Gasteiger charge is -2.30. The standard InChI is InChI=1S/C17H21N7O4/c25-24(26)14-4-2-1-3-13(14)18-15-19-16(22-5-9-27-10-6-22)21-17(20-15)23-7-11-28-12-8-23/h1-4H,5-12H2,(H,18,19,20,21). The number of benzene rings is 1. The van der Waals surface area contributed by atoms with E-state index in [0.717, 1.165) is 0 Å². The fourth-order valence-electron chi connectivity index (χ4n) is 3.08. The first-order valence-electron chi connectivity index (χ1n) is 9.12. The topological polar surface area (TPSA) is 119 Å². The molecular weight excluding hydrogens is 366 g/mol. The molecule has 4 rings (SSSR count). The van der Waals surface area contributed by atoms with E-state index in [4.69, 9.17) is 9.47 Å². The van der Waals surface area contributed by atoms with Gasteiger partial charge in [-0.15, -0.1) is 0 Å². The Balaban J connectivity index is 1.68. The molecule has 2 saturated heterocycles. The van der Waals surface area contributed by atoms with Crippen LogP contribution in [-0.4, -0.2) is 72.5 Å². The molecule has 0 atom stereocenters. The lowest BCUT2D eigenvalue weighted by Crippen LogP contribution is -2.40. The smallest absolute Gasteiger partial charge is 0.292 e. The predicted molar refractivity (Wildman–Crippen MR) is 102 cm³/mol. The molecule has 2 aliphatic heterocycles. The molecule has 1 aromatic carbocycles. The number of ether oxygens (including phenoxy) is 2. The number of nitro benzene ring substituents is 1. The van der Waals surface area contributed by atoms with Crippen molar-refractivity contribution in [1.29, 1.82) is 0 Å². The van der Waals surface area contributed by atoms with Gasteiger partial charge in [0.1, 0.15) is 5.69 Å². The van der Waals surface area contributed by atoms with Crippen LogP contribution in [0.3, 0.4) is 0 Å². The van der Waals surface area contributed by atoms with Gasteiger partial charge in [-0.25, -0.2) is 0 Å². The van der Waals surface area contributed by atoms with Crippen LogP contribution >= 0.6 is 0 Å². The predicted octanol–water partition coefficient (Wildman–Crippen LogP) is 1.20. The van der Waals surface area contributed by atoms with Crippen molar-refractivity contribution >= 4 is 29.2 Å². The maximum Gasteiger partial charge on any atom is 0.292 e. The van der Waals surface area contributed by atoms with Gasteiger partial charge in [-0.1, -0.05) is 12.1 Å². The van der Waals surface area contributed by atoms with Gasteiger partial charge >= 0.3 is 0 Å². The molecule has 0 amide bonds. The van der Waals surface area contributed by atoms with Crippen LogP contribution in [0.15, 0.2) is 24.3 Å². The maximum atomic E-state index is 11.3. The Kier molecular flexibility index (Phi) is 5.44. The zero-order valence-electron chi connectivity index (χ0n) is 15.3. The molecular formula is C17H21N7O4. The molecule has 0 saturated carbocycles. The molecule has 0 bridgehead atoms. The molecule has 1 N–H and O–H groups in total. The quantitative estimate of drug-likeness (QED) is 0.592. The van der Waals surface area contributed by atoms with Crippen molar-refractivity contribution < 1.29 is 14.4 Å². The summed E-state index contributed by atoms with van der Waals surface area (Å²) in [5.74, 6) is 1.33. The zero-order valence-corrected chi connectivity index (χ0v) is 15.3. The summed E-state index contributed by atoms with van der Waals surface area (Å²) in [5.41, 5.74) is 0.295. The molecule has 0 aliphatic carbocycles. The lowest BCUT2D eigenvalue weighted by molar-refractivity contribution is -0.383. The minimum absolute atomic E-state index is 0.0382. The molecule has 2 aromatic rings. The van der Waals surface area contributed by atoms with Gasteiger partial charge in [-0.3, -0.25) is 10.1 Å². The van der Waals surface area contributed by atoms with Gasteiger partial charge in [0, 0.05) is 32.2 Å². The fraction of sp³-hybridized carbons (Fsp3) is 0.471. The average molecular weight is 387 g/mol. The van der Waals surface area contributed by atoms with Crippen molar-refractivity contribution in [3.8, 4) is 0 Å². The van der Waals surface area contributed by atoms with Crippen LogP contribution in [0.5, 0.6) is 0 Å². The summed E-state index contributed by atoms with van der Waals surface area (Å²) in [4.78, 5) is 28.6. The van der Waals surface area contributed by atoms with Crippen molar-refractivity contribution in [3.63, 3.8) is 0 Å². The van der Waals surface area contributed by atoms with Gasteiger partial charge in [0.2, 0.25) is 17.8 Å². The maximum absolute atomic E-state index is 11.3. The number of rotatable bonds is 5. The van der Waals surface area contributed by atoms with Crippen molar-refractivity contribution in [1.82, 2.24) is 15.0 Å². The monoisotopic (exact) mass is 387 g/mol. The number of para-hydroxylation sites is 2. The highest BCUT2D eigenvalue weighted by molar-refractivity contribution is 5.67. The Labute approximate surface area is 161 Å². The van der Waals surface area contributed by atoms with Crippen molar-refractivity contribution in [3.05, 3.63) is 34.4 Å². The molecule has 0 unspecified atom stereocenters. The number of nitrogens with one attached hydrogen (secondary N) is 1. The summed E-state index contributed by atoms with van der Waals surface area (Å²) < 4.78 is 10.8. The van der Waals surface area contributed by atoms with E-state index >= 15 is 0 Å². The normalized spacial score (nSPS) is 17.4. The number of hydrogen-bond donors (Lipinski definition) is 1. The van der Waals surface area contributed by atoms with Crippen LogP contribution in [0.1, 0.15) is 0 Å². The second kappa shape index (κ2) is 8.31. The summed E-state index contributed by atoms with van der Waals surface area (Å²) in [7, 11) is 0. The summed E-state index contributed by atoms with van der Waals surface area (Å²) in [6, 6.07) is 6.41. The van der Waals surface area contributed by atoms with Gasteiger partial charge < -0.3 is 24.6 Å². The van der Waals surface area contributed by atoms with Crippen LogP contribution in [0.4, 0.5) is 29.2 Å². The molecule has 2 aliphatic rings. The zero-order chi connectivity index (χ0) is 19.3. The molecule has 148 valence electrons. The first kappa shape index (κ1) is 18.3. The van der Waals surface area contributed by atoms with E-state index < -0.39 is 4.92 Å². The third-order valence-corrected chi connectivity index (χ3v) is 4.55. The second-order valence-electron chi connectivity index (χ2n) is 6.36. The largest absolute Gasteiger partial charge is 0.378 e. The first-order chi connectivity index (χ1) is 13.7. The molecule has 3 heterocycles. The molecule has 0 spiro atoms. The van der Waals surface area contributed by atoms with E-state index in [-0.39, 0.29) is 11.6 Å². The third kappa shape index (κ3) is 4.10. The number of anilines is 4. The van der Waals surface area contributed by atoms with Crippen LogP contribution < -0.4 is 15.1 Å². The second-order valence-corrected chi connectivity index (χ2v) is 6.36. The molecule has 1 aromatic heterocycles. The Morgan fingerprint density at radius 3 is 1.96 bits per heavy atom. The van der Waals surface area contributed by atoms with Gasteiger partial charge in [0.25, 0.3) is 5.69 Å². The van der Waals surface area contributed by atoms with Crippen molar-refractivity contribution in [2.24, 2.45) is 0 Å². The molecule has 11 nitrogen and oxygen atoms in total. The van der Waals surface area contributed by atoms with E-state index in [1.807, 2.05) is 9.80 Å². The minimum Gasteiger partial charge on any atom is -0.378 e. The summed E-state index contributed by atoms with van der Waals surface area (Å²) in [6.07, 6.45) is 0. The van der Waals surface area contributed by atoms with Gasteiger partial charge in [0.15, 0.2) is 0 Å². The summed E-state index contributed by atoms with van der Waals surface area (Å²) >= 11 is 0. The highest BCUT2D eigenvalue weighted by Crippen LogP contribution is 2.27. The SMILES string of the molecule is O=[N+]([O-])c1ccccc1Nc1nc(N2CCOCC2)nc(N2CCOCC2)n1. The van der Waals surface area contributed by atoms with E-state index in [9.17, 15) is 10.1 Å². The first-order valence-corrected chi connectivity index (χ1v) is 9.12. The number of morpholine rings is 2. The lowest BCUT2D eigenvalue weighted by atomic mass is 10.3. The van der Waals surface area contributed by atoms with Crippen LogP contribution in [-0.2, 0) is 9.47 Å². The number of nitro groups is 1. The molecule has 28 heavy (non-hydrogen) atoms. The van der Waals surface area contributed by atoms with Crippen LogP contribution in [0.2, 0.25) is 0 Å². The Bertz CT molecular complexity index is 802. The van der Waals surface area contributed by atoms with Crippen LogP contribution in [0.25, 0.3) is 0 Å². The fourth-order valence-corrected chi connectivity index (χ4v) is 3.08. The molecule has 2 fully saturated rings. The van der Waals surface area contributed by atoms with Gasteiger partial charge in [0.05, 0.1) is 31.4 Å². The minimum atomic E-state index is -0.435. The third-order valence-electron chi connectivity index (χ3n) is 4.55. The summed E-state index contributed by atoms with van der Waals surface area (Å²) in [6.45, 7) is 5.12. The average Bonchev–Trinajstić information content (AvgIpc) is 2.75. The highest BCUT2D eigenvalue weighted by atomic mass is 16.6. The number of hydrogen-bond acceptors (Lipinski definition) is 10. The Morgan fingerprint density at radius 2 is 1.43 bits per heavy atom. The van der Waals surface area contributed by atoms with Crippen LogP contribution in [0, 0.1) is 10.1 Å². The Hall–Kier alpha value is -3.05. The Morgan fingerprint density at radius 1 is 0.893 bits per heavy atom. The van der Waals surface area contributed by atoms with Crippen molar-refractivity contribution in [2.45, 2.75) is 0 Å².